The van der Waals surface area contributed by atoms with Crippen molar-refractivity contribution in [3.63, 3.8) is 0 Å². The molecule has 0 rings (SSSR count). The second kappa shape index (κ2) is 3.66. The van der Waals surface area contributed by atoms with Crippen molar-refractivity contribution in [1.29, 1.82) is 0 Å². The zero-order chi connectivity index (χ0) is 8.15. The summed E-state index contributed by atoms with van der Waals surface area (Å²) in [6.45, 7) is 3.27. The van der Waals surface area contributed by atoms with Gasteiger partial charge in [-0.05, 0) is 0 Å². The first-order valence-electron chi connectivity index (χ1n) is 2.62. The molecule has 0 radical (unpaired) electrons. The fraction of sp³-hybridized carbons (Fsp3) is 0.333. The molecule has 0 atom stereocenters. The van der Waals surface area contributed by atoms with Gasteiger partial charge in [0.2, 0.25) is 5.91 Å². The largest absolute Gasteiger partial charge is 0.469 e. The van der Waals surface area contributed by atoms with Crippen molar-refractivity contribution >= 4 is 11.9 Å². The van der Waals surface area contributed by atoms with E-state index in [1.54, 1.807) is 0 Å². The number of carbonyl (C=O) groups excluding carboxylic acids is 2. The summed E-state index contributed by atoms with van der Waals surface area (Å²) in [5, 5.41) is 0. The van der Waals surface area contributed by atoms with Crippen molar-refractivity contribution in [2.24, 2.45) is 5.73 Å². The van der Waals surface area contributed by atoms with Crippen LogP contribution in [0.5, 0.6) is 0 Å². The van der Waals surface area contributed by atoms with E-state index in [4.69, 9.17) is 5.73 Å². The molecule has 0 saturated heterocycles. The van der Waals surface area contributed by atoms with Gasteiger partial charge in [0, 0.05) is 5.57 Å². The van der Waals surface area contributed by atoms with E-state index in [0.29, 0.717) is 0 Å². The van der Waals surface area contributed by atoms with Gasteiger partial charge in [0.15, 0.2) is 0 Å². The number of hydrogen-bond acceptors (Lipinski definition) is 3. The van der Waals surface area contributed by atoms with Crippen molar-refractivity contribution < 1.29 is 14.3 Å². The summed E-state index contributed by atoms with van der Waals surface area (Å²) < 4.78 is 4.26. The first-order valence-corrected chi connectivity index (χ1v) is 2.62. The van der Waals surface area contributed by atoms with Crippen LogP contribution in [0.15, 0.2) is 12.2 Å². The molecular weight excluding hydrogens is 134 g/mol. The molecule has 0 heterocycles. The maximum absolute atomic E-state index is 10.4. The lowest BCUT2D eigenvalue weighted by molar-refractivity contribution is -0.140. The minimum atomic E-state index is -0.676. The molecule has 0 aliphatic rings. The Morgan fingerprint density at radius 1 is 1.60 bits per heavy atom. The van der Waals surface area contributed by atoms with E-state index < -0.39 is 11.9 Å². The van der Waals surface area contributed by atoms with Gasteiger partial charge in [-0.2, -0.15) is 0 Å². The van der Waals surface area contributed by atoms with Crippen molar-refractivity contribution in [3.8, 4) is 0 Å². The Balaban J connectivity index is 3.80. The normalized spacial score (nSPS) is 8.50. The lowest BCUT2D eigenvalue weighted by Crippen LogP contribution is -2.16. The highest BCUT2D eigenvalue weighted by Gasteiger charge is 2.07. The summed E-state index contributed by atoms with van der Waals surface area (Å²) in [5.41, 5.74) is 4.85. The SMILES string of the molecule is C=C(CC(=O)OC)C(N)=O. The summed E-state index contributed by atoms with van der Waals surface area (Å²) >= 11 is 0. The fourth-order valence-corrected chi connectivity index (χ4v) is 0.334. The molecule has 0 spiro atoms. The average Bonchev–Trinajstić information content (AvgIpc) is 1.87. The number of nitrogens with two attached hydrogens (primary N) is 1. The fourth-order valence-electron chi connectivity index (χ4n) is 0.334. The molecule has 4 heteroatoms. The lowest BCUT2D eigenvalue weighted by Gasteiger charge is -1.97. The summed E-state index contributed by atoms with van der Waals surface area (Å²) in [4.78, 5) is 20.7. The van der Waals surface area contributed by atoms with Crippen molar-refractivity contribution in [2.45, 2.75) is 6.42 Å². The Morgan fingerprint density at radius 2 is 2.10 bits per heavy atom. The Bertz CT molecular complexity index is 174. The average molecular weight is 143 g/mol. The topological polar surface area (TPSA) is 69.4 Å². The highest BCUT2D eigenvalue weighted by molar-refractivity contribution is 5.95. The zero-order valence-corrected chi connectivity index (χ0v) is 5.72. The summed E-state index contributed by atoms with van der Waals surface area (Å²) in [6, 6.07) is 0. The zero-order valence-electron chi connectivity index (χ0n) is 5.72. The monoisotopic (exact) mass is 143 g/mol. The van der Waals surface area contributed by atoms with Crippen LogP contribution in [0.3, 0.4) is 0 Å². The molecule has 0 aliphatic heterocycles. The summed E-state index contributed by atoms with van der Waals surface area (Å²) in [5.74, 6) is -1.19. The van der Waals surface area contributed by atoms with Crippen LogP contribution in [0.2, 0.25) is 0 Å². The number of rotatable bonds is 3. The molecule has 0 bridgehead atoms. The number of ether oxygens (including phenoxy) is 1. The Morgan fingerprint density at radius 3 is 2.40 bits per heavy atom. The summed E-state index contributed by atoms with van der Waals surface area (Å²) in [7, 11) is 1.23. The highest BCUT2D eigenvalue weighted by atomic mass is 16.5. The third kappa shape index (κ3) is 2.86. The van der Waals surface area contributed by atoms with E-state index in [9.17, 15) is 9.59 Å². The lowest BCUT2D eigenvalue weighted by atomic mass is 10.2. The van der Waals surface area contributed by atoms with Gasteiger partial charge in [-0.25, -0.2) is 0 Å². The smallest absolute Gasteiger partial charge is 0.310 e. The van der Waals surface area contributed by atoms with Gasteiger partial charge in [0.25, 0.3) is 0 Å². The molecule has 2 N–H and O–H groups in total. The number of primary amides is 1. The Hall–Kier alpha value is -1.32. The number of esters is 1. The minimum Gasteiger partial charge on any atom is -0.469 e. The third-order valence-corrected chi connectivity index (χ3v) is 0.934. The van der Waals surface area contributed by atoms with Gasteiger partial charge in [0.1, 0.15) is 0 Å². The number of hydrogen-bond donors (Lipinski definition) is 1. The third-order valence-electron chi connectivity index (χ3n) is 0.934. The minimum absolute atomic E-state index is 0.0619. The molecule has 0 aliphatic carbocycles. The first-order chi connectivity index (χ1) is 4.57. The second-order valence-corrected chi connectivity index (χ2v) is 1.72. The maximum atomic E-state index is 10.4. The van der Waals surface area contributed by atoms with E-state index in [0.717, 1.165) is 0 Å². The Labute approximate surface area is 58.7 Å². The van der Waals surface area contributed by atoms with Crippen LogP contribution in [0.4, 0.5) is 0 Å². The van der Waals surface area contributed by atoms with Crippen LogP contribution >= 0.6 is 0 Å². The molecule has 0 aromatic heterocycles. The number of amides is 1. The van der Waals surface area contributed by atoms with E-state index in [-0.39, 0.29) is 12.0 Å². The van der Waals surface area contributed by atoms with Crippen molar-refractivity contribution in [1.82, 2.24) is 0 Å². The molecule has 0 saturated carbocycles. The van der Waals surface area contributed by atoms with Crippen molar-refractivity contribution in [3.05, 3.63) is 12.2 Å². The van der Waals surface area contributed by atoms with Crippen LogP contribution in [0, 0.1) is 0 Å². The second-order valence-electron chi connectivity index (χ2n) is 1.72. The van der Waals surface area contributed by atoms with Gasteiger partial charge in [0.05, 0.1) is 13.5 Å². The molecule has 4 nitrogen and oxygen atoms in total. The molecular formula is C6H9NO3. The van der Waals surface area contributed by atoms with Crippen LogP contribution in [0.25, 0.3) is 0 Å². The van der Waals surface area contributed by atoms with Crippen LogP contribution in [-0.4, -0.2) is 19.0 Å². The maximum Gasteiger partial charge on any atom is 0.310 e. The van der Waals surface area contributed by atoms with Crippen LogP contribution in [0.1, 0.15) is 6.42 Å². The van der Waals surface area contributed by atoms with Gasteiger partial charge < -0.3 is 10.5 Å². The standard InChI is InChI=1S/C6H9NO3/c1-4(6(7)9)3-5(8)10-2/h1,3H2,2H3,(H2,7,9). The summed E-state index contributed by atoms with van der Waals surface area (Å²) in [6.07, 6.45) is -0.133. The predicted octanol–water partition coefficient (Wildman–Crippen LogP) is -0.409. The van der Waals surface area contributed by atoms with Gasteiger partial charge in [-0.1, -0.05) is 6.58 Å². The number of carbonyl (C=O) groups is 2. The predicted molar refractivity (Wildman–Crippen MR) is 35.0 cm³/mol. The first kappa shape index (κ1) is 8.68. The molecule has 1 amide bonds. The van der Waals surface area contributed by atoms with Crippen LogP contribution < -0.4 is 5.73 Å². The molecule has 56 valence electrons. The van der Waals surface area contributed by atoms with Crippen LogP contribution in [-0.2, 0) is 14.3 Å². The van der Waals surface area contributed by atoms with Crippen molar-refractivity contribution in [2.75, 3.05) is 7.11 Å². The Kier molecular flexibility index (Phi) is 3.17. The molecule has 0 aromatic carbocycles. The highest BCUT2D eigenvalue weighted by Crippen LogP contribution is 1.96. The van der Waals surface area contributed by atoms with Gasteiger partial charge >= 0.3 is 5.97 Å². The molecule has 0 unspecified atom stereocenters. The molecule has 0 aromatic rings. The van der Waals surface area contributed by atoms with Gasteiger partial charge in [-0.15, -0.1) is 0 Å². The van der Waals surface area contributed by atoms with E-state index in [2.05, 4.69) is 11.3 Å². The van der Waals surface area contributed by atoms with E-state index in [1.165, 1.54) is 7.11 Å². The number of methoxy groups -OCH3 is 1. The van der Waals surface area contributed by atoms with Gasteiger partial charge in [-0.3, -0.25) is 9.59 Å². The quantitative estimate of drug-likeness (QED) is 0.431. The van der Waals surface area contributed by atoms with E-state index in [1.807, 2.05) is 0 Å². The molecule has 0 fully saturated rings. The van der Waals surface area contributed by atoms with E-state index >= 15 is 0 Å². The molecule has 10 heavy (non-hydrogen) atoms.